The van der Waals surface area contributed by atoms with E-state index < -0.39 is 0 Å². The first-order valence-electron chi connectivity index (χ1n) is 6.80. The van der Waals surface area contributed by atoms with Gasteiger partial charge in [0.1, 0.15) is 0 Å². The van der Waals surface area contributed by atoms with Crippen molar-refractivity contribution in [1.82, 2.24) is 10.2 Å². The highest BCUT2D eigenvalue weighted by molar-refractivity contribution is 7.10. The maximum absolute atomic E-state index is 12.0. The van der Waals surface area contributed by atoms with E-state index in [9.17, 15) is 4.79 Å². The monoisotopic (exact) mass is 322 g/mol. The van der Waals surface area contributed by atoms with E-state index in [0.29, 0.717) is 6.54 Å². The Balaban J connectivity index is 1.80. The van der Waals surface area contributed by atoms with Crippen LogP contribution >= 0.6 is 22.9 Å². The lowest BCUT2D eigenvalue weighted by atomic mass is 10.2. The molecule has 3 nitrogen and oxygen atoms in total. The Bertz CT molecular complexity index is 568. The van der Waals surface area contributed by atoms with Crippen LogP contribution in [0.15, 0.2) is 41.8 Å². The Morgan fingerprint density at radius 3 is 2.67 bits per heavy atom. The van der Waals surface area contributed by atoms with E-state index in [1.165, 1.54) is 4.88 Å². The largest absolute Gasteiger partial charge is 0.348 e. The maximum atomic E-state index is 12.0. The van der Waals surface area contributed by atoms with Gasteiger partial charge in [-0.1, -0.05) is 29.8 Å². The Hall–Kier alpha value is -1.36. The molecule has 0 aliphatic heterocycles. The van der Waals surface area contributed by atoms with E-state index in [2.05, 4.69) is 5.32 Å². The highest BCUT2D eigenvalue weighted by Gasteiger charge is 2.12. The number of carbonyl (C=O) groups is 1. The number of amides is 1. The van der Waals surface area contributed by atoms with Gasteiger partial charge in [-0.05, 0) is 43.1 Å². The summed E-state index contributed by atoms with van der Waals surface area (Å²) in [6.07, 6.45) is 0. The Morgan fingerprint density at radius 1 is 1.33 bits per heavy atom. The van der Waals surface area contributed by atoms with Gasteiger partial charge >= 0.3 is 0 Å². The van der Waals surface area contributed by atoms with Gasteiger partial charge in [-0.25, -0.2) is 0 Å². The lowest BCUT2D eigenvalue weighted by Gasteiger charge is -2.18. The molecule has 0 aliphatic rings. The highest BCUT2D eigenvalue weighted by Crippen LogP contribution is 2.18. The van der Waals surface area contributed by atoms with Crippen LogP contribution < -0.4 is 5.32 Å². The number of likely N-dealkylation sites (N-methyl/N-ethyl adjacent to an activating group) is 1. The predicted octanol–water partition coefficient (Wildman–Crippen LogP) is 3.71. The lowest BCUT2D eigenvalue weighted by molar-refractivity contribution is -0.122. The van der Waals surface area contributed by atoms with Crippen LogP contribution in [0, 0.1) is 0 Å². The molecule has 0 bridgehead atoms. The number of rotatable bonds is 6. The molecule has 0 saturated carbocycles. The zero-order valence-electron chi connectivity index (χ0n) is 12.2. The summed E-state index contributed by atoms with van der Waals surface area (Å²) in [4.78, 5) is 15.2. The van der Waals surface area contributed by atoms with Crippen LogP contribution in [0.5, 0.6) is 0 Å². The van der Waals surface area contributed by atoms with Gasteiger partial charge in [0.15, 0.2) is 0 Å². The second kappa shape index (κ2) is 7.59. The highest BCUT2D eigenvalue weighted by atomic mass is 35.5. The molecule has 1 atom stereocenters. The van der Waals surface area contributed by atoms with E-state index in [0.717, 1.165) is 17.1 Å². The first-order chi connectivity index (χ1) is 10.0. The molecule has 1 heterocycles. The molecule has 5 heteroatoms. The van der Waals surface area contributed by atoms with Gasteiger partial charge in [0.25, 0.3) is 0 Å². The van der Waals surface area contributed by atoms with E-state index in [-0.39, 0.29) is 11.9 Å². The molecule has 0 radical (unpaired) electrons. The molecule has 0 saturated heterocycles. The fourth-order valence-corrected chi connectivity index (χ4v) is 2.96. The van der Waals surface area contributed by atoms with Crippen molar-refractivity contribution in [2.45, 2.75) is 19.5 Å². The van der Waals surface area contributed by atoms with Gasteiger partial charge in [0, 0.05) is 16.4 Å². The Kier molecular flexibility index (Phi) is 5.79. The molecule has 1 aromatic carbocycles. The number of thiophene rings is 1. The minimum Gasteiger partial charge on any atom is -0.348 e. The van der Waals surface area contributed by atoms with Crippen molar-refractivity contribution in [1.29, 1.82) is 0 Å². The van der Waals surface area contributed by atoms with Crippen LogP contribution in [0.25, 0.3) is 0 Å². The summed E-state index contributed by atoms with van der Waals surface area (Å²) in [5.74, 6) is 0.0346. The second-order valence-electron chi connectivity index (χ2n) is 5.10. The number of hydrogen-bond donors (Lipinski definition) is 1. The van der Waals surface area contributed by atoms with Crippen molar-refractivity contribution in [2.24, 2.45) is 0 Å². The molecule has 1 N–H and O–H groups in total. The second-order valence-corrected chi connectivity index (χ2v) is 6.52. The first-order valence-corrected chi connectivity index (χ1v) is 8.06. The summed E-state index contributed by atoms with van der Waals surface area (Å²) in [6.45, 7) is 3.10. The minimum absolute atomic E-state index is 0.0346. The number of benzene rings is 1. The molecule has 2 aromatic rings. The molecule has 21 heavy (non-hydrogen) atoms. The number of nitrogens with zero attached hydrogens (tertiary/aromatic N) is 1. The van der Waals surface area contributed by atoms with Crippen LogP contribution in [-0.4, -0.2) is 24.4 Å². The van der Waals surface area contributed by atoms with Crippen LogP contribution in [0.1, 0.15) is 23.4 Å². The fraction of sp³-hybridized carbons (Fsp3) is 0.312. The SMILES string of the molecule is C[C@H](NC(=O)CN(C)Cc1ccc(Cl)cc1)c1cccs1. The van der Waals surface area contributed by atoms with Crippen LogP contribution in [0.2, 0.25) is 5.02 Å². The van der Waals surface area contributed by atoms with Gasteiger partial charge in [-0.2, -0.15) is 0 Å². The van der Waals surface area contributed by atoms with Crippen molar-refractivity contribution in [3.05, 3.63) is 57.2 Å². The maximum Gasteiger partial charge on any atom is 0.234 e. The molecule has 0 fully saturated rings. The zero-order valence-corrected chi connectivity index (χ0v) is 13.7. The van der Waals surface area contributed by atoms with Crippen molar-refractivity contribution in [3.63, 3.8) is 0 Å². The third-order valence-electron chi connectivity index (χ3n) is 3.13. The van der Waals surface area contributed by atoms with E-state index >= 15 is 0 Å². The number of carbonyl (C=O) groups excluding carboxylic acids is 1. The van der Waals surface area contributed by atoms with Gasteiger partial charge in [0.05, 0.1) is 12.6 Å². The minimum atomic E-state index is 0.0346. The number of hydrogen-bond acceptors (Lipinski definition) is 3. The third kappa shape index (κ3) is 5.16. The van der Waals surface area contributed by atoms with Crippen LogP contribution in [-0.2, 0) is 11.3 Å². The Morgan fingerprint density at radius 2 is 2.05 bits per heavy atom. The summed E-state index contributed by atoms with van der Waals surface area (Å²) < 4.78 is 0. The van der Waals surface area contributed by atoms with Crippen molar-refractivity contribution >= 4 is 28.8 Å². The molecule has 112 valence electrons. The fourth-order valence-electron chi connectivity index (χ4n) is 2.10. The summed E-state index contributed by atoms with van der Waals surface area (Å²) in [6, 6.07) is 11.8. The van der Waals surface area contributed by atoms with Crippen LogP contribution in [0.3, 0.4) is 0 Å². The number of nitrogens with one attached hydrogen (secondary N) is 1. The first kappa shape index (κ1) is 16.0. The molecule has 1 aromatic heterocycles. The third-order valence-corrected chi connectivity index (χ3v) is 4.43. The smallest absolute Gasteiger partial charge is 0.234 e. The van der Waals surface area contributed by atoms with Crippen molar-refractivity contribution in [2.75, 3.05) is 13.6 Å². The van der Waals surface area contributed by atoms with Gasteiger partial charge < -0.3 is 5.32 Å². The van der Waals surface area contributed by atoms with Gasteiger partial charge in [0.2, 0.25) is 5.91 Å². The quantitative estimate of drug-likeness (QED) is 0.879. The molecule has 0 spiro atoms. The average molecular weight is 323 g/mol. The van der Waals surface area contributed by atoms with Crippen LogP contribution in [0.4, 0.5) is 0 Å². The van der Waals surface area contributed by atoms with E-state index in [1.54, 1.807) is 11.3 Å². The summed E-state index contributed by atoms with van der Waals surface area (Å²) in [7, 11) is 1.93. The molecule has 2 rings (SSSR count). The molecule has 0 aliphatic carbocycles. The topological polar surface area (TPSA) is 32.3 Å². The van der Waals surface area contributed by atoms with E-state index in [4.69, 9.17) is 11.6 Å². The lowest BCUT2D eigenvalue weighted by Crippen LogP contribution is -2.36. The normalized spacial score (nSPS) is 12.4. The predicted molar refractivity (Wildman–Crippen MR) is 88.7 cm³/mol. The molecule has 0 unspecified atom stereocenters. The van der Waals surface area contributed by atoms with Gasteiger partial charge in [-0.3, -0.25) is 9.69 Å². The van der Waals surface area contributed by atoms with Crippen molar-refractivity contribution < 1.29 is 4.79 Å². The summed E-state index contributed by atoms with van der Waals surface area (Å²) in [5.41, 5.74) is 1.14. The average Bonchev–Trinajstić information content (AvgIpc) is 2.95. The standard InChI is InChI=1S/C16H19ClN2OS/c1-12(15-4-3-9-21-15)18-16(20)11-19(2)10-13-5-7-14(17)8-6-13/h3-9,12H,10-11H2,1-2H3,(H,18,20)/t12-/m0/s1. The molecule has 1 amide bonds. The summed E-state index contributed by atoms with van der Waals surface area (Å²) >= 11 is 7.52. The van der Waals surface area contributed by atoms with Crippen molar-refractivity contribution in [3.8, 4) is 0 Å². The number of halogens is 1. The Labute approximate surface area is 134 Å². The molecular formula is C16H19ClN2OS. The summed E-state index contributed by atoms with van der Waals surface area (Å²) in [5, 5.41) is 5.76. The zero-order chi connectivity index (χ0) is 15.2. The van der Waals surface area contributed by atoms with E-state index in [1.807, 2.05) is 60.6 Å². The molecular weight excluding hydrogens is 304 g/mol. The van der Waals surface area contributed by atoms with Gasteiger partial charge in [-0.15, -0.1) is 11.3 Å².